The van der Waals surface area contributed by atoms with Gasteiger partial charge in [-0.25, -0.2) is 18.6 Å². The van der Waals surface area contributed by atoms with E-state index in [0.717, 1.165) is 6.42 Å². The van der Waals surface area contributed by atoms with Crippen LogP contribution in [0.5, 0.6) is 0 Å². The van der Waals surface area contributed by atoms with Gasteiger partial charge in [0.2, 0.25) is 0 Å². The van der Waals surface area contributed by atoms with E-state index in [-0.39, 0.29) is 17.9 Å². The molecule has 27 heavy (non-hydrogen) atoms. The third-order valence-corrected chi connectivity index (χ3v) is 5.06. The van der Waals surface area contributed by atoms with Crippen molar-refractivity contribution in [1.29, 1.82) is 0 Å². The third-order valence-electron chi connectivity index (χ3n) is 5.06. The van der Waals surface area contributed by atoms with Crippen LogP contribution in [-0.2, 0) is 0 Å². The average molecular weight is 370 g/mol. The first-order valence-electron chi connectivity index (χ1n) is 8.91. The van der Waals surface area contributed by atoms with Crippen LogP contribution in [0.15, 0.2) is 48.5 Å². The number of rotatable bonds is 3. The summed E-state index contributed by atoms with van der Waals surface area (Å²) in [5.41, 5.74) is 2.70. The maximum Gasteiger partial charge on any atom is 0.322 e. The monoisotopic (exact) mass is 370 g/mol. The normalized spacial score (nSPS) is 19.8. The van der Waals surface area contributed by atoms with Crippen molar-refractivity contribution in [3.8, 4) is 0 Å². The molecule has 3 aromatic rings. The molecule has 2 N–H and O–H groups in total. The molecule has 1 saturated heterocycles. The number of alkyl halides is 2. The summed E-state index contributed by atoms with van der Waals surface area (Å²) in [6.07, 6.45) is -1.75. The molecular weight excluding hydrogens is 350 g/mol. The van der Waals surface area contributed by atoms with E-state index in [1.165, 1.54) is 5.56 Å². The highest BCUT2D eigenvalue weighted by Crippen LogP contribution is 2.32. The van der Waals surface area contributed by atoms with Gasteiger partial charge >= 0.3 is 6.03 Å². The second kappa shape index (κ2) is 6.98. The second-order valence-corrected chi connectivity index (χ2v) is 6.93. The van der Waals surface area contributed by atoms with E-state index in [1.807, 2.05) is 30.0 Å². The summed E-state index contributed by atoms with van der Waals surface area (Å²) in [5, 5.41) is 2.87. The number of nitrogens with zero attached hydrogens (tertiary/aromatic N) is 2. The molecule has 0 bridgehead atoms. The Kier molecular flexibility index (Phi) is 4.51. The number of hydrogen-bond acceptors (Lipinski definition) is 2. The van der Waals surface area contributed by atoms with Crippen LogP contribution in [-0.4, -0.2) is 33.5 Å². The number of carbonyl (C=O) groups is 1. The Balaban J connectivity index is 1.48. The Morgan fingerprint density at radius 2 is 2.04 bits per heavy atom. The van der Waals surface area contributed by atoms with E-state index < -0.39 is 6.43 Å². The number of amides is 2. The van der Waals surface area contributed by atoms with E-state index in [2.05, 4.69) is 27.4 Å². The number of H-pyrrole nitrogens is 1. The molecule has 1 aliphatic rings. The van der Waals surface area contributed by atoms with Gasteiger partial charge in [0.05, 0.1) is 11.0 Å². The number of benzene rings is 2. The number of aromatic amines is 1. The first kappa shape index (κ1) is 17.5. The maximum atomic E-state index is 12.8. The summed E-state index contributed by atoms with van der Waals surface area (Å²) in [6.45, 7) is 2.69. The minimum atomic E-state index is -2.66. The smallest absolute Gasteiger partial charge is 0.322 e. The van der Waals surface area contributed by atoms with Gasteiger partial charge in [-0.05, 0) is 37.1 Å². The van der Waals surface area contributed by atoms with Gasteiger partial charge in [-0.3, -0.25) is 0 Å². The Bertz CT molecular complexity index is 957. The van der Waals surface area contributed by atoms with Gasteiger partial charge in [0.15, 0.2) is 5.82 Å². The Hall–Kier alpha value is -2.96. The molecule has 1 aliphatic heterocycles. The molecule has 2 heterocycles. The summed E-state index contributed by atoms with van der Waals surface area (Å²) in [4.78, 5) is 21.0. The summed E-state index contributed by atoms with van der Waals surface area (Å²) in [7, 11) is 0. The van der Waals surface area contributed by atoms with Gasteiger partial charge in [-0.2, -0.15) is 0 Å². The Morgan fingerprint density at radius 1 is 1.26 bits per heavy atom. The maximum absolute atomic E-state index is 12.8. The van der Waals surface area contributed by atoms with E-state index in [9.17, 15) is 13.6 Å². The van der Waals surface area contributed by atoms with E-state index in [1.54, 1.807) is 18.2 Å². The molecule has 0 radical (unpaired) electrons. The molecule has 2 aromatic carbocycles. The third kappa shape index (κ3) is 3.49. The molecule has 0 aliphatic carbocycles. The fourth-order valence-electron chi connectivity index (χ4n) is 3.69. The van der Waals surface area contributed by atoms with Crippen molar-refractivity contribution in [2.75, 3.05) is 11.9 Å². The van der Waals surface area contributed by atoms with Crippen LogP contribution < -0.4 is 5.32 Å². The molecule has 0 spiro atoms. The zero-order valence-corrected chi connectivity index (χ0v) is 14.8. The quantitative estimate of drug-likeness (QED) is 0.688. The van der Waals surface area contributed by atoms with Crippen LogP contribution >= 0.6 is 0 Å². The number of anilines is 1. The summed E-state index contributed by atoms with van der Waals surface area (Å²) in [6, 6.07) is 15.0. The van der Waals surface area contributed by atoms with Crippen molar-refractivity contribution in [2.45, 2.75) is 31.7 Å². The standard InChI is InChI=1S/C20H20F2N4O/c1-12-9-14(13-5-3-2-4-6-13)11-26(12)20(27)23-15-7-8-16-17(10-15)25-19(24-16)18(21)22/h2-8,10,12,14,18H,9,11H2,1H3,(H,23,27)(H,24,25). The predicted molar refractivity (Wildman–Crippen MR) is 100 cm³/mol. The molecule has 7 heteroatoms. The number of halogens is 2. The van der Waals surface area contributed by atoms with Crippen LogP contribution in [0.1, 0.15) is 37.1 Å². The van der Waals surface area contributed by atoms with Gasteiger partial charge in [0.1, 0.15) is 0 Å². The molecule has 0 saturated carbocycles. The SMILES string of the molecule is CC1CC(c2ccccc2)CN1C(=O)Nc1ccc2nc(C(F)F)[nH]c2c1. The molecular formula is C20H20F2N4O. The average Bonchev–Trinajstić information content (AvgIpc) is 3.26. The lowest BCUT2D eigenvalue weighted by Gasteiger charge is -2.22. The van der Waals surface area contributed by atoms with E-state index >= 15 is 0 Å². The van der Waals surface area contributed by atoms with Crippen LogP contribution in [0.4, 0.5) is 19.3 Å². The minimum absolute atomic E-state index is 0.122. The van der Waals surface area contributed by atoms with Crippen LogP contribution in [0.2, 0.25) is 0 Å². The molecule has 5 nitrogen and oxygen atoms in total. The van der Waals surface area contributed by atoms with Crippen molar-refractivity contribution in [3.63, 3.8) is 0 Å². The van der Waals surface area contributed by atoms with Gasteiger partial charge in [0.25, 0.3) is 6.43 Å². The lowest BCUT2D eigenvalue weighted by atomic mass is 9.97. The van der Waals surface area contributed by atoms with Crippen LogP contribution in [0, 0.1) is 0 Å². The fourth-order valence-corrected chi connectivity index (χ4v) is 3.69. The number of imidazole rings is 1. The van der Waals surface area contributed by atoms with Crippen molar-refractivity contribution in [3.05, 3.63) is 59.9 Å². The highest BCUT2D eigenvalue weighted by Gasteiger charge is 2.33. The number of carbonyl (C=O) groups excluding carboxylic acids is 1. The van der Waals surface area contributed by atoms with Crippen LogP contribution in [0.3, 0.4) is 0 Å². The molecule has 1 aromatic heterocycles. The molecule has 1 fully saturated rings. The van der Waals surface area contributed by atoms with Gasteiger partial charge in [0, 0.05) is 24.2 Å². The van der Waals surface area contributed by atoms with E-state index in [4.69, 9.17) is 0 Å². The van der Waals surface area contributed by atoms with Gasteiger partial charge < -0.3 is 15.2 Å². The highest BCUT2D eigenvalue weighted by molar-refractivity contribution is 5.92. The zero-order valence-electron chi connectivity index (χ0n) is 14.8. The molecule has 2 amide bonds. The minimum Gasteiger partial charge on any atom is -0.337 e. The highest BCUT2D eigenvalue weighted by atomic mass is 19.3. The Morgan fingerprint density at radius 3 is 2.78 bits per heavy atom. The number of fused-ring (bicyclic) bond motifs is 1. The topological polar surface area (TPSA) is 61.0 Å². The number of nitrogens with one attached hydrogen (secondary N) is 2. The number of aromatic nitrogens is 2. The van der Waals surface area contributed by atoms with Crippen molar-refractivity contribution in [1.82, 2.24) is 14.9 Å². The summed E-state index contributed by atoms with van der Waals surface area (Å²) >= 11 is 0. The lowest BCUT2D eigenvalue weighted by Crippen LogP contribution is -2.37. The number of likely N-dealkylation sites (tertiary alicyclic amines) is 1. The summed E-state index contributed by atoms with van der Waals surface area (Å²) in [5.74, 6) is -0.0528. The van der Waals surface area contributed by atoms with Crippen LogP contribution in [0.25, 0.3) is 11.0 Å². The molecule has 2 unspecified atom stereocenters. The van der Waals surface area contributed by atoms with Crippen molar-refractivity contribution in [2.24, 2.45) is 0 Å². The zero-order chi connectivity index (χ0) is 19.0. The molecule has 4 rings (SSSR count). The first-order chi connectivity index (χ1) is 13.0. The predicted octanol–water partition coefficient (Wildman–Crippen LogP) is 4.91. The fraction of sp³-hybridized carbons (Fsp3) is 0.300. The van der Waals surface area contributed by atoms with Gasteiger partial charge in [-0.1, -0.05) is 30.3 Å². The van der Waals surface area contributed by atoms with Gasteiger partial charge in [-0.15, -0.1) is 0 Å². The largest absolute Gasteiger partial charge is 0.337 e. The van der Waals surface area contributed by atoms with E-state index in [0.29, 0.717) is 29.2 Å². The lowest BCUT2D eigenvalue weighted by molar-refractivity contribution is 0.142. The van der Waals surface area contributed by atoms with Crippen molar-refractivity contribution < 1.29 is 13.6 Å². The second-order valence-electron chi connectivity index (χ2n) is 6.93. The van der Waals surface area contributed by atoms with Crippen molar-refractivity contribution >= 4 is 22.8 Å². The number of urea groups is 1. The molecule has 140 valence electrons. The summed E-state index contributed by atoms with van der Waals surface area (Å²) < 4.78 is 25.5. The molecule has 2 atom stereocenters. The number of hydrogen-bond donors (Lipinski definition) is 2. The Labute approximate surface area is 155 Å². The first-order valence-corrected chi connectivity index (χ1v) is 8.91.